The van der Waals surface area contributed by atoms with Crippen LogP contribution in [-0.2, 0) is 24.5 Å². The molecule has 1 aliphatic rings. The van der Waals surface area contributed by atoms with Crippen molar-refractivity contribution >= 4 is 23.5 Å². The SMILES string of the molecule is C=C(C(=O)OC)[C@H](C1=C(C)C(=O)N(c2ccc(C(C)(C)C)cc2)C1=O)c1ccc(F)cc1. The van der Waals surface area contributed by atoms with E-state index >= 15 is 0 Å². The number of methoxy groups -OCH3 is 1. The summed E-state index contributed by atoms with van der Waals surface area (Å²) in [5, 5.41) is 0. The second-order valence-corrected chi connectivity index (χ2v) is 8.78. The summed E-state index contributed by atoms with van der Waals surface area (Å²) in [6.07, 6.45) is 0. The molecule has 166 valence electrons. The molecule has 0 N–H and O–H groups in total. The number of benzene rings is 2. The Morgan fingerprint density at radius 1 is 1.00 bits per heavy atom. The highest BCUT2D eigenvalue weighted by Gasteiger charge is 2.43. The Morgan fingerprint density at radius 2 is 1.56 bits per heavy atom. The van der Waals surface area contributed by atoms with Crippen LogP contribution in [0.25, 0.3) is 0 Å². The highest BCUT2D eigenvalue weighted by Crippen LogP contribution is 2.40. The molecule has 0 fully saturated rings. The summed E-state index contributed by atoms with van der Waals surface area (Å²) in [6, 6.07) is 12.6. The zero-order chi connectivity index (χ0) is 23.8. The molecular weight excluding hydrogens is 409 g/mol. The number of hydrogen-bond acceptors (Lipinski definition) is 4. The van der Waals surface area contributed by atoms with E-state index in [0.717, 1.165) is 10.5 Å². The maximum atomic E-state index is 13.5. The summed E-state index contributed by atoms with van der Waals surface area (Å²) in [5.74, 6) is -3.14. The van der Waals surface area contributed by atoms with Gasteiger partial charge in [0.2, 0.25) is 0 Å². The molecule has 3 rings (SSSR count). The minimum atomic E-state index is -0.946. The molecule has 0 unspecified atom stereocenters. The van der Waals surface area contributed by atoms with E-state index in [2.05, 4.69) is 27.4 Å². The number of carbonyl (C=O) groups excluding carboxylic acids is 3. The van der Waals surface area contributed by atoms with E-state index in [9.17, 15) is 18.8 Å². The summed E-state index contributed by atoms with van der Waals surface area (Å²) >= 11 is 0. The number of nitrogens with zero attached hydrogens (tertiary/aromatic N) is 1. The number of ether oxygens (including phenoxy) is 1. The van der Waals surface area contributed by atoms with Crippen LogP contribution in [0.4, 0.5) is 10.1 Å². The quantitative estimate of drug-likeness (QED) is 0.384. The molecule has 0 bridgehead atoms. The fourth-order valence-electron chi connectivity index (χ4n) is 3.79. The minimum absolute atomic E-state index is 0.0143. The van der Waals surface area contributed by atoms with Gasteiger partial charge in [0.05, 0.1) is 12.8 Å². The van der Waals surface area contributed by atoms with E-state index in [4.69, 9.17) is 4.74 Å². The fraction of sp³-hybridized carbons (Fsp3) is 0.269. The van der Waals surface area contributed by atoms with E-state index in [-0.39, 0.29) is 22.1 Å². The van der Waals surface area contributed by atoms with Crippen LogP contribution in [0.5, 0.6) is 0 Å². The molecule has 0 spiro atoms. The number of anilines is 1. The van der Waals surface area contributed by atoms with Gasteiger partial charge in [-0.2, -0.15) is 0 Å². The molecule has 2 aromatic rings. The predicted octanol–water partition coefficient (Wildman–Crippen LogP) is 4.83. The molecular formula is C26H26FNO4. The zero-order valence-corrected chi connectivity index (χ0v) is 18.9. The molecule has 1 heterocycles. The highest BCUT2D eigenvalue weighted by molar-refractivity contribution is 6.33. The Kier molecular flexibility index (Phi) is 6.17. The van der Waals surface area contributed by atoms with Crippen LogP contribution in [0, 0.1) is 5.82 Å². The van der Waals surface area contributed by atoms with Crippen LogP contribution >= 0.6 is 0 Å². The average Bonchev–Trinajstić information content (AvgIpc) is 2.97. The Morgan fingerprint density at radius 3 is 2.06 bits per heavy atom. The van der Waals surface area contributed by atoms with Gasteiger partial charge in [0.25, 0.3) is 11.8 Å². The number of imide groups is 1. The van der Waals surface area contributed by atoms with E-state index in [1.807, 2.05) is 12.1 Å². The Labute approximate surface area is 187 Å². The first-order valence-corrected chi connectivity index (χ1v) is 10.2. The number of esters is 1. The molecule has 0 aromatic heterocycles. The number of carbonyl (C=O) groups is 3. The van der Waals surface area contributed by atoms with Crippen molar-refractivity contribution in [3.8, 4) is 0 Å². The summed E-state index contributed by atoms with van der Waals surface area (Å²) in [6.45, 7) is 11.6. The molecule has 2 aromatic carbocycles. The lowest BCUT2D eigenvalue weighted by Gasteiger charge is -2.22. The van der Waals surface area contributed by atoms with Crippen LogP contribution < -0.4 is 4.90 Å². The summed E-state index contributed by atoms with van der Waals surface area (Å²) in [4.78, 5) is 40.0. The fourth-order valence-corrected chi connectivity index (χ4v) is 3.79. The molecule has 5 nitrogen and oxygen atoms in total. The van der Waals surface area contributed by atoms with Crippen molar-refractivity contribution in [3.05, 3.63) is 88.8 Å². The van der Waals surface area contributed by atoms with E-state index in [0.29, 0.717) is 11.3 Å². The molecule has 6 heteroatoms. The van der Waals surface area contributed by atoms with Crippen LogP contribution in [0.3, 0.4) is 0 Å². The topological polar surface area (TPSA) is 63.7 Å². The standard InChI is InChI=1S/C26H26FNO4/c1-15-22(21(16(2)25(31)32-6)17-7-11-19(27)12-8-17)24(30)28(23(15)29)20-13-9-18(10-14-20)26(3,4)5/h7-14,21H,2H2,1,3-6H3/t21-/m0/s1. The third-order valence-corrected chi connectivity index (χ3v) is 5.64. The van der Waals surface area contributed by atoms with Gasteiger partial charge in [-0.3, -0.25) is 9.59 Å². The summed E-state index contributed by atoms with van der Waals surface area (Å²) in [7, 11) is 1.21. The second kappa shape index (κ2) is 8.54. The van der Waals surface area contributed by atoms with Gasteiger partial charge in [0, 0.05) is 22.6 Å². The maximum Gasteiger partial charge on any atom is 0.334 e. The normalized spacial score (nSPS) is 15.2. The van der Waals surface area contributed by atoms with Gasteiger partial charge in [0.1, 0.15) is 5.82 Å². The lowest BCUT2D eigenvalue weighted by Crippen LogP contribution is -2.32. The lowest BCUT2D eigenvalue weighted by molar-refractivity contribution is -0.136. The Bertz CT molecular complexity index is 1120. The first kappa shape index (κ1) is 23.1. The van der Waals surface area contributed by atoms with Gasteiger partial charge in [-0.05, 0) is 47.7 Å². The number of amides is 2. The first-order valence-electron chi connectivity index (χ1n) is 10.2. The lowest BCUT2D eigenvalue weighted by atomic mass is 9.83. The minimum Gasteiger partial charge on any atom is -0.466 e. The van der Waals surface area contributed by atoms with Gasteiger partial charge < -0.3 is 4.74 Å². The monoisotopic (exact) mass is 435 g/mol. The molecule has 2 amide bonds. The number of halogens is 1. The van der Waals surface area contributed by atoms with Gasteiger partial charge in [-0.25, -0.2) is 14.1 Å². The van der Waals surface area contributed by atoms with E-state index < -0.39 is 29.5 Å². The molecule has 0 aliphatic carbocycles. The smallest absolute Gasteiger partial charge is 0.334 e. The number of hydrogen-bond donors (Lipinski definition) is 0. The molecule has 1 atom stereocenters. The number of rotatable bonds is 5. The van der Waals surface area contributed by atoms with Crippen molar-refractivity contribution in [3.63, 3.8) is 0 Å². The Hall–Kier alpha value is -3.54. The van der Waals surface area contributed by atoms with E-state index in [1.165, 1.54) is 31.4 Å². The molecule has 32 heavy (non-hydrogen) atoms. The third-order valence-electron chi connectivity index (χ3n) is 5.64. The van der Waals surface area contributed by atoms with Crippen LogP contribution in [-0.4, -0.2) is 24.9 Å². The largest absolute Gasteiger partial charge is 0.466 e. The molecule has 0 saturated heterocycles. The van der Waals surface area contributed by atoms with Crippen molar-refractivity contribution < 1.29 is 23.5 Å². The zero-order valence-electron chi connectivity index (χ0n) is 18.9. The summed E-state index contributed by atoms with van der Waals surface area (Å²) in [5.41, 5.74) is 2.19. The van der Waals surface area contributed by atoms with E-state index in [1.54, 1.807) is 19.1 Å². The average molecular weight is 435 g/mol. The highest BCUT2D eigenvalue weighted by atomic mass is 19.1. The Balaban J connectivity index is 2.07. The van der Waals surface area contributed by atoms with Crippen molar-refractivity contribution in [1.82, 2.24) is 0 Å². The second-order valence-electron chi connectivity index (χ2n) is 8.78. The van der Waals surface area contributed by atoms with Crippen molar-refractivity contribution in [2.75, 3.05) is 12.0 Å². The molecule has 0 radical (unpaired) electrons. The van der Waals surface area contributed by atoms with Gasteiger partial charge >= 0.3 is 5.97 Å². The van der Waals surface area contributed by atoms with Gasteiger partial charge in [0.15, 0.2) is 0 Å². The van der Waals surface area contributed by atoms with Gasteiger partial charge in [-0.15, -0.1) is 0 Å². The first-order chi connectivity index (χ1) is 15.0. The maximum absolute atomic E-state index is 13.5. The molecule has 0 saturated carbocycles. The summed E-state index contributed by atoms with van der Waals surface area (Å²) < 4.78 is 18.3. The van der Waals surface area contributed by atoms with Crippen molar-refractivity contribution in [2.45, 2.75) is 39.0 Å². The van der Waals surface area contributed by atoms with Crippen LogP contribution in [0.2, 0.25) is 0 Å². The van der Waals surface area contributed by atoms with Crippen molar-refractivity contribution in [1.29, 1.82) is 0 Å². The van der Waals surface area contributed by atoms with Gasteiger partial charge in [-0.1, -0.05) is 51.6 Å². The van der Waals surface area contributed by atoms with Crippen LogP contribution in [0.15, 0.2) is 71.8 Å². The molecule has 1 aliphatic heterocycles. The van der Waals surface area contributed by atoms with Crippen molar-refractivity contribution in [2.24, 2.45) is 0 Å². The predicted molar refractivity (Wildman–Crippen MR) is 121 cm³/mol. The third kappa shape index (κ3) is 4.13. The van der Waals surface area contributed by atoms with Crippen LogP contribution in [0.1, 0.15) is 44.7 Å².